The summed E-state index contributed by atoms with van der Waals surface area (Å²) < 4.78 is 0. The molecule has 2 rings (SSSR count). The number of nitrogens with zero attached hydrogens (tertiary/aromatic N) is 2. The van der Waals surface area contributed by atoms with Crippen LogP contribution in [0.2, 0.25) is 0 Å². The van der Waals surface area contributed by atoms with E-state index in [1.807, 2.05) is 6.92 Å². The highest BCUT2D eigenvalue weighted by Crippen LogP contribution is 2.34. The van der Waals surface area contributed by atoms with Gasteiger partial charge in [-0.1, -0.05) is 6.92 Å². The molecule has 0 aliphatic heterocycles. The number of rotatable bonds is 6. The largest absolute Gasteiger partial charge is 0.365 e. The Balaban J connectivity index is 2.47. The number of aryl methyl sites for hydroxylation is 1. The smallest absolute Gasteiger partial charge is 0.277 e. The Morgan fingerprint density at radius 1 is 1.15 bits per heavy atom. The van der Waals surface area contributed by atoms with Crippen LogP contribution in [0.1, 0.15) is 38.1 Å². The van der Waals surface area contributed by atoms with Gasteiger partial charge in [0.1, 0.15) is 5.00 Å². The lowest BCUT2D eigenvalue weighted by Gasteiger charge is -2.06. The van der Waals surface area contributed by atoms with Gasteiger partial charge < -0.3 is 11.1 Å². The Labute approximate surface area is 150 Å². The number of nitrogens with one attached hydrogen (secondary N) is 1. The number of non-ortho nitro benzene ring substituents is 2. The molecular formula is C15H14N4O6S. The monoisotopic (exact) mass is 378 g/mol. The number of primary amides is 1. The summed E-state index contributed by atoms with van der Waals surface area (Å²) in [6.45, 7) is 3.60. The van der Waals surface area contributed by atoms with Crippen LogP contribution in [-0.4, -0.2) is 21.7 Å². The molecule has 1 heterocycles. The van der Waals surface area contributed by atoms with E-state index in [9.17, 15) is 29.8 Å². The van der Waals surface area contributed by atoms with Crippen molar-refractivity contribution in [3.8, 4) is 0 Å². The van der Waals surface area contributed by atoms with Crippen molar-refractivity contribution in [1.82, 2.24) is 0 Å². The van der Waals surface area contributed by atoms with Gasteiger partial charge in [-0.2, -0.15) is 0 Å². The van der Waals surface area contributed by atoms with Gasteiger partial charge >= 0.3 is 0 Å². The van der Waals surface area contributed by atoms with Crippen LogP contribution in [0.25, 0.3) is 0 Å². The van der Waals surface area contributed by atoms with Crippen LogP contribution < -0.4 is 11.1 Å². The summed E-state index contributed by atoms with van der Waals surface area (Å²) in [5.41, 5.74) is 4.80. The third-order valence-corrected chi connectivity index (χ3v) is 4.69. The maximum atomic E-state index is 12.4. The fourth-order valence-electron chi connectivity index (χ4n) is 2.47. The molecule has 0 aliphatic rings. The van der Waals surface area contributed by atoms with E-state index < -0.39 is 33.0 Å². The van der Waals surface area contributed by atoms with Gasteiger partial charge in [0.15, 0.2) is 0 Å². The number of carbonyl (C=O) groups excluding carboxylic acids is 2. The van der Waals surface area contributed by atoms with E-state index in [2.05, 4.69) is 5.32 Å². The van der Waals surface area contributed by atoms with E-state index in [4.69, 9.17) is 5.73 Å². The van der Waals surface area contributed by atoms with Gasteiger partial charge in [-0.25, -0.2) is 0 Å². The Kier molecular flexibility index (Phi) is 5.31. The molecule has 0 saturated carbocycles. The summed E-state index contributed by atoms with van der Waals surface area (Å²) in [5.74, 6) is -1.53. The van der Waals surface area contributed by atoms with Gasteiger partial charge in [0.2, 0.25) is 0 Å². The van der Waals surface area contributed by atoms with E-state index in [1.54, 1.807) is 6.92 Å². The molecule has 136 valence electrons. The summed E-state index contributed by atoms with van der Waals surface area (Å²) in [7, 11) is 0. The molecule has 2 amide bonds. The highest BCUT2D eigenvalue weighted by Gasteiger charge is 2.23. The zero-order chi connectivity index (χ0) is 19.6. The number of thiophene rings is 1. The number of hydrogen-bond acceptors (Lipinski definition) is 7. The van der Waals surface area contributed by atoms with Gasteiger partial charge in [0, 0.05) is 17.0 Å². The number of amides is 2. The number of anilines is 1. The molecule has 0 unspecified atom stereocenters. The number of nitro benzene ring substituents is 2. The molecule has 1 aromatic heterocycles. The van der Waals surface area contributed by atoms with Crippen LogP contribution in [0.5, 0.6) is 0 Å². The zero-order valence-electron chi connectivity index (χ0n) is 13.8. The summed E-state index contributed by atoms with van der Waals surface area (Å²) in [6.07, 6.45) is 0.527. The van der Waals surface area contributed by atoms with Crippen LogP contribution >= 0.6 is 11.3 Å². The number of carbonyl (C=O) groups is 2. The molecule has 10 nitrogen and oxygen atoms in total. The quantitative estimate of drug-likeness (QED) is 0.581. The molecule has 26 heavy (non-hydrogen) atoms. The van der Waals surface area contributed by atoms with E-state index >= 15 is 0 Å². The van der Waals surface area contributed by atoms with Gasteiger partial charge in [-0.3, -0.25) is 29.8 Å². The number of nitro groups is 2. The van der Waals surface area contributed by atoms with Gasteiger partial charge in [0.25, 0.3) is 23.2 Å². The van der Waals surface area contributed by atoms with Crippen molar-refractivity contribution >= 4 is 39.5 Å². The lowest BCUT2D eigenvalue weighted by molar-refractivity contribution is -0.394. The molecule has 1 aromatic carbocycles. The summed E-state index contributed by atoms with van der Waals surface area (Å²) in [4.78, 5) is 45.2. The van der Waals surface area contributed by atoms with Gasteiger partial charge in [0.05, 0.1) is 27.0 Å². The maximum Gasteiger partial charge on any atom is 0.277 e. The topological polar surface area (TPSA) is 158 Å². The van der Waals surface area contributed by atoms with Crippen LogP contribution in [0.3, 0.4) is 0 Å². The molecule has 0 atom stereocenters. The fraction of sp³-hybridized carbons (Fsp3) is 0.200. The molecule has 0 fully saturated rings. The average molecular weight is 378 g/mol. The Hall–Kier alpha value is -3.34. The van der Waals surface area contributed by atoms with Crippen LogP contribution in [-0.2, 0) is 6.42 Å². The van der Waals surface area contributed by atoms with E-state index in [0.717, 1.165) is 34.4 Å². The Bertz CT molecular complexity index is 904. The molecular weight excluding hydrogens is 364 g/mol. The Morgan fingerprint density at radius 3 is 2.12 bits per heavy atom. The van der Waals surface area contributed by atoms with Crippen molar-refractivity contribution in [3.05, 3.63) is 60.0 Å². The number of nitrogens with two attached hydrogens (primary N) is 1. The van der Waals surface area contributed by atoms with E-state index in [-0.39, 0.29) is 16.1 Å². The third kappa shape index (κ3) is 3.67. The minimum absolute atomic E-state index is 0.170. The molecule has 3 N–H and O–H groups in total. The average Bonchev–Trinajstić information content (AvgIpc) is 2.89. The predicted octanol–water partition coefficient (Wildman–Crippen LogP) is 2.79. The van der Waals surface area contributed by atoms with Crippen molar-refractivity contribution in [2.45, 2.75) is 20.3 Å². The third-order valence-electron chi connectivity index (χ3n) is 3.62. The second-order valence-electron chi connectivity index (χ2n) is 5.27. The molecule has 0 radical (unpaired) electrons. The minimum atomic E-state index is -0.830. The zero-order valence-corrected chi connectivity index (χ0v) is 14.6. The molecule has 0 saturated heterocycles. The molecule has 0 aliphatic carbocycles. The first-order valence-electron chi connectivity index (χ1n) is 7.33. The molecule has 2 aromatic rings. The van der Waals surface area contributed by atoms with Crippen LogP contribution in [0, 0.1) is 27.2 Å². The number of hydrogen-bond donors (Lipinski definition) is 2. The Morgan fingerprint density at radius 2 is 1.69 bits per heavy atom. The second kappa shape index (κ2) is 7.27. The normalized spacial score (nSPS) is 10.4. The first-order valence-corrected chi connectivity index (χ1v) is 8.14. The highest BCUT2D eigenvalue weighted by molar-refractivity contribution is 7.16. The maximum absolute atomic E-state index is 12.4. The predicted molar refractivity (Wildman–Crippen MR) is 94.7 cm³/mol. The summed E-state index contributed by atoms with van der Waals surface area (Å²) >= 11 is 1.14. The van der Waals surface area contributed by atoms with Gasteiger partial charge in [-0.05, 0) is 18.9 Å². The SMILES string of the molecule is CCc1c(C)sc(NC(=O)c2cc([N+](=O)[O-])cc([N+](=O)[O-])c2)c1C(N)=O. The molecule has 11 heteroatoms. The fourth-order valence-corrected chi connectivity index (χ4v) is 3.61. The van der Waals surface area contributed by atoms with Crippen molar-refractivity contribution in [2.75, 3.05) is 5.32 Å². The summed E-state index contributed by atoms with van der Waals surface area (Å²) in [5, 5.41) is 24.5. The van der Waals surface area contributed by atoms with Crippen LogP contribution in [0.4, 0.5) is 16.4 Å². The molecule has 0 spiro atoms. The van der Waals surface area contributed by atoms with Crippen molar-refractivity contribution in [3.63, 3.8) is 0 Å². The summed E-state index contributed by atoms with van der Waals surface area (Å²) in [6, 6.07) is 2.61. The van der Waals surface area contributed by atoms with Crippen molar-refractivity contribution in [2.24, 2.45) is 5.73 Å². The second-order valence-corrected chi connectivity index (χ2v) is 6.49. The first-order chi connectivity index (χ1) is 12.1. The number of benzene rings is 1. The van der Waals surface area contributed by atoms with Gasteiger partial charge in [-0.15, -0.1) is 11.3 Å². The first kappa shape index (κ1) is 19.0. The van der Waals surface area contributed by atoms with E-state index in [0.29, 0.717) is 12.0 Å². The van der Waals surface area contributed by atoms with E-state index in [1.165, 1.54) is 0 Å². The minimum Gasteiger partial charge on any atom is -0.365 e. The standard InChI is InChI=1S/C15H14N4O6S/c1-3-11-7(2)26-15(12(11)13(16)20)17-14(21)8-4-9(18(22)23)6-10(5-8)19(24)25/h4-6H,3H2,1-2H3,(H2,16,20)(H,17,21). The van der Waals surface area contributed by atoms with Crippen LogP contribution in [0.15, 0.2) is 18.2 Å². The highest BCUT2D eigenvalue weighted by atomic mass is 32.1. The van der Waals surface area contributed by atoms with Crippen molar-refractivity contribution < 1.29 is 19.4 Å². The molecule has 0 bridgehead atoms. The lowest BCUT2D eigenvalue weighted by atomic mass is 10.1. The van der Waals surface area contributed by atoms with Crippen molar-refractivity contribution in [1.29, 1.82) is 0 Å². The lowest BCUT2D eigenvalue weighted by Crippen LogP contribution is -2.18.